The first-order chi connectivity index (χ1) is 8.63. The number of piperidine rings is 1. The van der Waals surface area contributed by atoms with E-state index < -0.39 is 10.0 Å². The lowest BCUT2D eigenvalue weighted by Crippen LogP contribution is -2.45. The monoisotopic (exact) mass is 268 g/mol. The Balaban J connectivity index is 2.19. The van der Waals surface area contributed by atoms with Gasteiger partial charge in [-0.25, -0.2) is 13.1 Å². The summed E-state index contributed by atoms with van der Waals surface area (Å²) in [5.74, 6) is 0. The van der Waals surface area contributed by atoms with Crippen molar-refractivity contribution in [1.82, 2.24) is 10.0 Å². The van der Waals surface area contributed by atoms with E-state index in [0.717, 1.165) is 31.4 Å². The maximum Gasteiger partial charge on any atom is 0.241 e. The van der Waals surface area contributed by atoms with Gasteiger partial charge in [-0.05, 0) is 37.4 Å². The van der Waals surface area contributed by atoms with Gasteiger partial charge in [0.1, 0.15) is 0 Å². The minimum Gasteiger partial charge on any atom is -0.315 e. The fourth-order valence-corrected chi connectivity index (χ4v) is 3.88. The van der Waals surface area contributed by atoms with Crippen molar-refractivity contribution in [3.63, 3.8) is 0 Å². The van der Waals surface area contributed by atoms with Crippen molar-refractivity contribution < 1.29 is 8.42 Å². The Morgan fingerprint density at radius 1 is 1.39 bits per heavy atom. The molecule has 0 radical (unpaired) electrons. The molecule has 1 aromatic rings. The third-order valence-electron chi connectivity index (χ3n) is 3.26. The van der Waals surface area contributed by atoms with Crippen LogP contribution in [0.3, 0.4) is 0 Å². The molecule has 2 rings (SSSR count). The van der Waals surface area contributed by atoms with Gasteiger partial charge < -0.3 is 5.32 Å². The Hall–Kier alpha value is -0.910. The third-order valence-corrected chi connectivity index (χ3v) is 4.88. The molecule has 0 amide bonds. The molecular weight excluding hydrogens is 248 g/mol. The van der Waals surface area contributed by atoms with Gasteiger partial charge in [0.15, 0.2) is 0 Å². The zero-order valence-electron chi connectivity index (χ0n) is 10.6. The van der Waals surface area contributed by atoms with Gasteiger partial charge >= 0.3 is 0 Å². The van der Waals surface area contributed by atoms with Crippen molar-refractivity contribution in [1.29, 1.82) is 0 Å². The molecule has 1 atom stereocenters. The molecule has 0 aliphatic carbocycles. The van der Waals surface area contributed by atoms with Crippen LogP contribution in [-0.4, -0.2) is 27.5 Å². The van der Waals surface area contributed by atoms with Crippen LogP contribution in [0.4, 0.5) is 0 Å². The van der Waals surface area contributed by atoms with Crippen LogP contribution in [-0.2, 0) is 16.4 Å². The quantitative estimate of drug-likeness (QED) is 0.865. The number of sulfonamides is 1. The van der Waals surface area contributed by atoms with Crippen LogP contribution >= 0.6 is 0 Å². The van der Waals surface area contributed by atoms with Crippen LogP contribution in [0, 0.1) is 0 Å². The fourth-order valence-electron chi connectivity index (χ4n) is 2.29. The number of hydrogen-bond acceptors (Lipinski definition) is 3. The molecule has 1 aliphatic heterocycles. The molecule has 100 valence electrons. The highest BCUT2D eigenvalue weighted by atomic mass is 32.2. The normalized spacial score (nSPS) is 20.8. The van der Waals surface area contributed by atoms with E-state index in [-0.39, 0.29) is 6.04 Å². The minimum atomic E-state index is -3.39. The van der Waals surface area contributed by atoms with Gasteiger partial charge in [-0.1, -0.05) is 25.1 Å². The van der Waals surface area contributed by atoms with Gasteiger partial charge in [-0.2, -0.15) is 0 Å². The number of nitrogens with one attached hydrogen (secondary N) is 2. The molecular formula is C13H20N2O2S. The van der Waals surface area contributed by atoms with Crippen LogP contribution < -0.4 is 10.0 Å². The van der Waals surface area contributed by atoms with Crippen LogP contribution in [0.25, 0.3) is 0 Å². The maximum absolute atomic E-state index is 12.3. The molecule has 0 aromatic heterocycles. The highest BCUT2D eigenvalue weighted by Gasteiger charge is 2.23. The number of aryl methyl sites for hydroxylation is 1. The molecule has 0 unspecified atom stereocenters. The minimum absolute atomic E-state index is 0.00802. The average Bonchev–Trinajstić information content (AvgIpc) is 2.39. The van der Waals surface area contributed by atoms with E-state index in [2.05, 4.69) is 10.0 Å². The summed E-state index contributed by atoms with van der Waals surface area (Å²) in [6, 6.07) is 7.20. The van der Waals surface area contributed by atoms with E-state index in [1.807, 2.05) is 19.1 Å². The first-order valence-electron chi connectivity index (χ1n) is 6.44. The Kier molecular flexibility index (Phi) is 4.37. The molecule has 0 spiro atoms. The highest BCUT2D eigenvalue weighted by Crippen LogP contribution is 2.17. The predicted molar refractivity (Wildman–Crippen MR) is 72.0 cm³/mol. The summed E-state index contributed by atoms with van der Waals surface area (Å²) in [4.78, 5) is 0.415. The van der Waals surface area contributed by atoms with Crippen LogP contribution in [0.2, 0.25) is 0 Å². The summed E-state index contributed by atoms with van der Waals surface area (Å²) in [6.45, 7) is 3.66. The van der Waals surface area contributed by atoms with Gasteiger partial charge in [0.25, 0.3) is 0 Å². The van der Waals surface area contributed by atoms with E-state index >= 15 is 0 Å². The van der Waals surface area contributed by atoms with E-state index in [0.29, 0.717) is 11.4 Å². The summed E-state index contributed by atoms with van der Waals surface area (Å²) >= 11 is 0. The lowest BCUT2D eigenvalue weighted by Gasteiger charge is -2.24. The largest absolute Gasteiger partial charge is 0.315 e. The first kappa shape index (κ1) is 13.5. The van der Waals surface area contributed by atoms with Gasteiger partial charge in [-0.3, -0.25) is 0 Å². The molecule has 1 aliphatic rings. The van der Waals surface area contributed by atoms with Gasteiger partial charge in [0.05, 0.1) is 4.90 Å². The molecule has 5 heteroatoms. The Morgan fingerprint density at radius 2 is 2.17 bits per heavy atom. The van der Waals surface area contributed by atoms with Crippen molar-refractivity contribution in [3.05, 3.63) is 29.8 Å². The number of rotatable bonds is 4. The summed E-state index contributed by atoms with van der Waals surface area (Å²) in [5.41, 5.74) is 0.869. The van der Waals surface area contributed by atoms with Crippen LogP contribution in [0.5, 0.6) is 0 Å². The molecule has 0 saturated carbocycles. The van der Waals surface area contributed by atoms with Crippen molar-refractivity contribution >= 4 is 10.0 Å². The van der Waals surface area contributed by atoms with Crippen molar-refractivity contribution in [2.45, 2.75) is 37.1 Å². The zero-order valence-corrected chi connectivity index (χ0v) is 11.5. The summed E-state index contributed by atoms with van der Waals surface area (Å²) in [6.07, 6.45) is 2.64. The molecule has 18 heavy (non-hydrogen) atoms. The zero-order chi connectivity index (χ0) is 13.0. The molecule has 1 heterocycles. The van der Waals surface area contributed by atoms with Gasteiger partial charge in [0.2, 0.25) is 10.0 Å². The topological polar surface area (TPSA) is 58.2 Å². The predicted octanol–water partition coefficient (Wildman–Crippen LogP) is 1.28. The second kappa shape index (κ2) is 5.82. The van der Waals surface area contributed by atoms with Crippen molar-refractivity contribution in [2.24, 2.45) is 0 Å². The Morgan fingerprint density at radius 3 is 2.83 bits per heavy atom. The third kappa shape index (κ3) is 3.10. The summed E-state index contributed by atoms with van der Waals surface area (Å²) in [7, 11) is -3.39. The highest BCUT2D eigenvalue weighted by molar-refractivity contribution is 7.89. The van der Waals surface area contributed by atoms with Gasteiger partial charge in [0, 0.05) is 12.6 Å². The maximum atomic E-state index is 12.3. The van der Waals surface area contributed by atoms with Gasteiger partial charge in [-0.15, -0.1) is 0 Å². The Bertz CT molecular complexity index is 493. The standard InChI is InChI=1S/C13H20N2O2S/c1-2-11-6-3-4-8-13(11)18(16,17)15-12-7-5-9-14-10-12/h3-4,6,8,12,14-15H,2,5,7,9-10H2,1H3/t12-/m0/s1. The van der Waals surface area contributed by atoms with Crippen LogP contribution in [0.1, 0.15) is 25.3 Å². The van der Waals surface area contributed by atoms with E-state index in [1.54, 1.807) is 12.1 Å². The molecule has 0 bridgehead atoms. The fraction of sp³-hybridized carbons (Fsp3) is 0.538. The molecule has 1 aromatic carbocycles. The van der Waals surface area contributed by atoms with Crippen LogP contribution in [0.15, 0.2) is 29.2 Å². The van der Waals surface area contributed by atoms with E-state index in [4.69, 9.17) is 0 Å². The molecule has 1 fully saturated rings. The molecule has 4 nitrogen and oxygen atoms in total. The first-order valence-corrected chi connectivity index (χ1v) is 7.93. The lowest BCUT2D eigenvalue weighted by molar-refractivity contribution is 0.428. The summed E-state index contributed by atoms with van der Waals surface area (Å²) < 4.78 is 27.5. The second-order valence-electron chi connectivity index (χ2n) is 4.63. The number of hydrogen-bond donors (Lipinski definition) is 2. The number of benzene rings is 1. The second-order valence-corrected chi connectivity index (χ2v) is 6.31. The average molecular weight is 268 g/mol. The summed E-state index contributed by atoms with van der Waals surface area (Å²) in [5, 5.41) is 3.21. The smallest absolute Gasteiger partial charge is 0.241 e. The molecule has 2 N–H and O–H groups in total. The van der Waals surface area contributed by atoms with Crippen molar-refractivity contribution in [3.8, 4) is 0 Å². The van der Waals surface area contributed by atoms with E-state index in [9.17, 15) is 8.42 Å². The van der Waals surface area contributed by atoms with Crippen molar-refractivity contribution in [2.75, 3.05) is 13.1 Å². The molecule has 1 saturated heterocycles. The SMILES string of the molecule is CCc1ccccc1S(=O)(=O)N[C@H]1CCCNC1. The van der Waals surface area contributed by atoms with E-state index in [1.165, 1.54) is 0 Å². The Labute approximate surface area is 109 Å². The lowest BCUT2D eigenvalue weighted by atomic mass is 10.1.